The molecule has 3 aromatic rings. The third-order valence-electron chi connectivity index (χ3n) is 6.89. The molecule has 3 atom stereocenters. The van der Waals surface area contributed by atoms with Gasteiger partial charge in [0.05, 0.1) is 17.1 Å². The predicted molar refractivity (Wildman–Crippen MR) is 125 cm³/mol. The lowest BCUT2D eigenvalue weighted by Gasteiger charge is -2.34. The third kappa shape index (κ3) is 3.57. The molecular formula is C26H27ClFN3. The lowest BCUT2D eigenvalue weighted by atomic mass is 9.87. The molecule has 5 heteroatoms. The van der Waals surface area contributed by atoms with Gasteiger partial charge in [-0.3, -0.25) is 0 Å². The normalized spacial score (nSPS) is 24.2. The van der Waals surface area contributed by atoms with Crippen LogP contribution in [0.1, 0.15) is 55.6 Å². The number of rotatable bonds is 3. The van der Waals surface area contributed by atoms with Crippen LogP contribution in [0.5, 0.6) is 0 Å². The Hall–Kier alpha value is -2.59. The van der Waals surface area contributed by atoms with Gasteiger partial charge in [-0.25, -0.2) is 9.37 Å². The molecule has 1 aromatic heterocycles. The molecule has 0 amide bonds. The molecule has 0 radical (unpaired) electrons. The van der Waals surface area contributed by atoms with E-state index >= 15 is 4.39 Å². The van der Waals surface area contributed by atoms with Crippen LogP contribution in [0.15, 0.2) is 65.6 Å². The van der Waals surface area contributed by atoms with Gasteiger partial charge in [0.2, 0.25) is 0 Å². The maximum atomic E-state index is 15.0. The molecule has 1 saturated heterocycles. The number of aryl methyl sites for hydroxylation is 1. The van der Waals surface area contributed by atoms with Gasteiger partial charge in [0.25, 0.3) is 0 Å². The Labute approximate surface area is 187 Å². The highest BCUT2D eigenvalue weighted by Gasteiger charge is 2.38. The highest BCUT2D eigenvalue weighted by atomic mass is 35.5. The predicted octanol–water partition coefficient (Wildman–Crippen LogP) is 7.22. The number of aromatic amines is 1. The maximum absolute atomic E-state index is 15.0. The van der Waals surface area contributed by atoms with Crippen molar-refractivity contribution in [3.63, 3.8) is 0 Å². The smallest absolute Gasteiger partial charge is 0.130 e. The van der Waals surface area contributed by atoms with Gasteiger partial charge in [-0.15, -0.1) is 0 Å². The van der Waals surface area contributed by atoms with E-state index in [1.165, 1.54) is 0 Å². The van der Waals surface area contributed by atoms with Gasteiger partial charge in [-0.1, -0.05) is 48.9 Å². The summed E-state index contributed by atoms with van der Waals surface area (Å²) < 4.78 is 15.0. The van der Waals surface area contributed by atoms with Crippen LogP contribution in [0.25, 0.3) is 11.0 Å². The second-order valence-electron chi connectivity index (χ2n) is 8.95. The lowest BCUT2D eigenvalue weighted by Crippen LogP contribution is -2.28. The van der Waals surface area contributed by atoms with Gasteiger partial charge in [0.1, 0.15) is 11.7 Å². The standard InChI is InChI=1S/C26H27ClFN3/c1-15-9-10-31(25(15)26-29-22-11-16(2)20(27)14-23(22)30-26)24-13-19(12-21(28)17(24)3)18-7-5-4-6-8-18/h4-8,11-12,14-15,19,25H,9-10,13H2,1-3H3,(H,29,30)/t15-,19?,25-/m0/s1. The summed E-state index contributed by atoms with van der Waals surface area (Å²) >= 11 is 6.33. The zero-order valence-corrected chi connectivity index (χ0v) is 18.9. The Morgan fingerprint density at radius 2 is 1.94 bits per heavy atom. The van der Waals surface area contributed by atoms with Crippen LogP contribution in [-0.2, 0) is 0 Å². The average Bonchev–Trinajstić information content (AvgIpc) is 3.33. The van der Waals surface area contributed by atoms with Crippen LogP contribution < -0.4 is 0 Å². The summed E-state index contributed by atoms with van der Waals surface area (Å²) in [6.45, 7) is 7.08. The third-order valence-corrected chi connectivity index (χ3v) is 7.29. The van der Waals surface area contributed by atoms with Crippen molar-refractivity contribution < 1.29 is 4.39 Å². The highest BCUT2D eigenvalue weighted by molar-refractivity contribution is 6.32. The topological polar surface area (TPSA) is 31.9 Å². The molecule has 5 rings (SSSR count). The Morgan fingerprint density at radius 1 is 1.16 bits per heavy atom. The zero-order valence-electron chi connectivity index (χ0n) is 18.1. The highest BCUT2D eigenvalue weighted by Crippen LogP contribution is 2.45. The fourth-order valence-electron chi connectivity index (χ4n) is 5.07. The Balaban J connectivity index is 1.53. The van der Waals surface area contributed by atoms with Crippen LogP contribution in [0.2, 0.25) is 5.02 Å². The summed E-state index contributed by atoms with van der Waals surface area (Å²) in [7, 11) is 0. The van der Waals surface area contributed by atoms with Crippen LogP contribution >= 0.6 is 11.6 Å². The molecule has 2 heterocycles. The van der Waals surface area contributed by atoms with Gasteiger partial charge in [-0.2, -0.15) is 0 Å². The molecule has 0 bridgehead atoms. The second kappa shape index (κ2) is 7.83. The van der Waals surface area contributed by atoms with Crippen molar-refractivity contribution in [2.75, 3.05) is 6.54 Å². The molecular weight excluding hydrogens is 409 g/mol. The van der Waals surface area contributed by atoms with Crippen molar-refractivity contribution >= 4 is 22.6 Å². The van der Waals surface area contributed by atoms with Crippen LogP contribution in [0, 0.1) is 12.8 Å². The summed E-state index contributed by atoms with van der Waals surface area (Å²) in [5.41, 5.74) is 5.91. The van der Waals surface area contributed by atoms with Crippen molar-refractivity contribution in [2.45, 2.75) is 45.6 Å². The van der Waals surface area contributed by atoms with E-state index in [9.17, 15) is 0 Å². The summed E-state index contributed by atoms with van der Waals surface area (Å²) in [6, 6.07) is 14.3. The number of imidazole rings is 1. The molecule has 0 saturated carbocycles. The molecule has 1 unspecified atom stereocenters. The van der Waals surface area contributed by atoms with Gasteiger partial charge in [-0.05, 0) is 61.9 Å². The minimum atomic E-state index is -0.111. The number of halogens is 2. The van der Waals surface area contributed by atoms with E-state index in [1.807, 2.05) is 38.1 Å². The lowest BCUT2D eigenvalue weighted by molar-refractivity contribution is 0.267. The minimum Gasteiger partial charge on any atom is -0.364 e. The average molecular weight is 436 g/mol. The number of benzene rings is 2. The molecule has 160 valence electrons. The quantitative estimate of drug-likeness (QED) is 0.470. The molecule has 0 spiro atoms. The first-order valence-electron chi connectivity index (χ1n) is 11.0. The summed E-state index contributed by atoms with van der Waals surface area (Å²) in [4.78, 5) is 10.8. The summed E-state index contributed by atoms with van der Waals surface area (Å²) in [6.07, 6.45) is 3.63. The van der Waals surface area contributed by atoms with E-state index in [4.69, 9.17) is 16.6 Å². The van der Waals surface area contributed by atoms with E-state index < -0.39 is 0 Å². The van der Waals surface area contributed by atoms with E-state index in [2.05, 4.69) is 35.0 Å². The number of nitrogens with zero attached hydrogens (tertiary/aromatic N) is 2. The van der Waals surface area contributed by atoms with Crippen molar-refractivity contribution in [1.82, 2.24) is 14.9 Å². The van der Waals surface area contributed by atoms with Gasteiger partial charge in [0.15, 0.2) is 0 Å². The molecule has 1 fully saturated rings. The largest absolute Gasteiger partial charge is 0.364 e. The van der Waals surface area contributed by atoms with E-state index in [0.717, 1.165) is 63.7 Å². The molecule has 1 aliphatic carbocycles. The Bertz CT molecular complexity index is 1160. The number of likely N-dealkylation sites (tertiary alicyclic amines) is 1. The first kappa shape index (κ1) is 20.3. The van der Waals surface area contributed by atoms with Crippen molar-refractivity contribution in [3.8, 4) is 0 Å². The van der Waals surface area contributed by atoms with Crippen LogP contribution in [-0.4, -0.2) is 21.4 Å². The van der Waals surface area contributed by atoms with E-state index in [1.54, 1.807) is 6.08 Å². The number of aromatic nitrogens is 2. The fraction of sp³-hybridized carbons (Fsp3) is 0.346. The Kier molecular flexibility index (Phi) is 5.13. The molecule has 1 N–H and O–H groups in total. The molecule has 2 aromatic carbocycles. The number of nitrogens with one attached hydrogen (secondary N) is 1. The van der Waals surface area contributed by atoms with Crippen LogP contribution in [0.3, 0.4) is 0 Å². The first-order valence-corrected chi connectivity index (χ1v) is 11.3. The van der Waals surface area contributed by atoms with Gasteiger partial charge >= 0.3 is 0 Å². The maximum Gasteiger partial charge on any atom is 0.130 e. The number of hydrogen-bond donors (Lipinski definition) is 1. The molecule has 31 heavy (non-hydrogen) atoms. The fourth-order valence-corrected chi connectivity index (χ4v) is 5.23. The van der Waals surface area contributed by atoms with Crippen molar-refractivity contribution in [2.24, 2.45) is 5.92 Å². The first-order chi connectivity index (χ1) is 14.9. The molecule has 3 nitrogen and oxygen atoms in total. The number of hydrogen-bond acceptors (Lipinski definition) is 2. The second-order valence-corrected chi connectivity index (χ2v) is 9.36. The summed E-state index contributed by atoms with van der Waals surface area (Å²) in [5.74, 6) is 1.30. The van der Waals surface area contributed by atoms with Crippen molar-refractivity contribution in [3.05, 3.63) is 87.6 Å². The van der Waals surface area contributed by atoms with E-state index in [0.29, 0.717) is 5.92 Å². The number of allylic oxidation sites excluding steroid dienone is 4. The van der Waals surface area contributed by atoms with E-state index in [-0.39, 0.29) is 17.8 Å². The number of H-pyrrole nitrogens is 1. The zero-order chi connectivity index (χ0) is 21.7. The SMILES string of the molecule is CC1=C(N2CC[C@H](C)[C@H]2c2nc3cc(Cl)c(C)cc3[nH]2)CC(c2ccccc2)C=C1F. The van der Waals surface area contributed by atoms with Crippen molar-refractivity contribution in [1.29, 1.82) is 0 Å². The van der Waals surface area contributed by atoms with Gasteiger partial charge in [0, 0.05) is 28.8 Å². The molecule has 2 aliphatic rings. The van der Waals surface area contributed by atoms with Crippen LogP contribution in [0.4, 0.5) is 4.39 Å². The Morgan fingerprint density at radius 3 is 2.71 bits per heavy atom. The van der Waals surface area contributed by atoms with Gasteiger partial charge < -0.3 is 9.88 Å². The monoisotopic (exact) mass is 435 g/mol. The molecule has 1 aliphatic heterocycles. The summed E-state index contributed by atoms with van der Waals surface area (Å²) in [5, 5.41) is 0.727. The minimum absolute atomic E-state index is 0.0496. The number of fused-ring (bicyclic) bond motifs is 1.